The lowest BCUT2D eigenvalue weighted by atomic mass is 9.86. The van der Waals surface area contributed by atoms with Gasteiger partial charge in [0.1, 0.15) is 0 Å². The standard InChI is InChI=1S/C19H23N3O4/c1-13-17(12-22(21-13)15-5-3-2-4-6-15)18(23)20-11-16(19(24)25)14-7-9-26-10-8-14/h2-6,12,14,16H,7-11H2,1H3,(H,20,23)(H,24,25). The molecule has 2 N–H and O–H groups in total. The largest absolute Gasteiger partial charge is 0.481 e. The van der Waals surface area contributed by atoms with Crippen molar-refractivity contribution in [1.29, 1.82) is 0 Å². The quantitative estimate of drug-likeness (QED) is 0.825. The summed E-state index contributed by atoms with van der Waals surface area (Å²) in [6.07, 6.45) is 3.08. The minimum absolute atomic E-state index is 0.0229. The van der Waals surface area contributed by atoms with Crippen molar-refractivity contribution in [2.45, 2.75) is 19.8 Å². The first kappa shape index (κ1) is 18.1. The lowest BCUT2D eigenvalue weighted by molar-refractivity contribution is -0.144. The van der Waals surface area contributed by atoms with Crippen molar-refractivity contribution in [3.8, 4) is 5.69 Å². The van der Waals surface area contributed by atoms with E-state index in [1.807, 2.05) is 30.3 Å². The smallest absolute Gasteiger partial charge is 0.308 e. The molecule has 138 valence electrons. The van der Waals surface area contributed by atoms with Gasteiger partial charge in [0, 0.05) is 26.0 Å². The number of aryl methyl sites for hydroxylation is 1. The Kier molecular flexibility index (Phi) is 5.68. The first-order valence-corrected chi connectivity index (χ1v) is 8.76. The van der Waals surface area contributed by atoms with Crippen molar-refractivity contribution in [3.05, 3.63) is 47.8 Å². The number of para-hydroxylation sites is 1. The van der Waals surface area contributed by atoms with E-state index >= 15 is 0 Å². The minimum Gasteiger partial charge on any atom is -0.481 e. The molecule has 0 bridgehead atoms. The molecule has 1 aromatic heterocycles. The van der Waals surface area contributed by atoms with Crippen LogP contribution >= 0.6 is 0 Å². The van der Waals surface area contributed by atoms with E-state index in [0.717, 1.165) is 5.69 Å². The Balaban J connectivity index is 1.67. The molecule has 1 atom stereocenters. The number of nitrogens with one attached hydrogen (secondary N) is 1. The van der Waals surface area contributed by atoms with Crippen LogP contribution in [0, 0.1) is 18.8 Å². The van der Waals surface area contributed by atoms with Crippen LogP contribution in [0.1, 0.15) is 28.9 Å². The molecule has 0 spiro atoms. The van der Waals surface area contributed by atoms with E-state index < -0.39 is 11.9 Å². The second-order valence-corrected chi connectivity index (χ2v) is 6.51. The summed E-state index contributed by atoms with van der Waals surface area (Å²) < 4.78 is 6.94. The number of rotatable bonds is 6. The molecular formula is C19H23N3O4. The number of carbonyl (C=O) groups excluding carboxylic acids is 1. The summed E-state index contributed by atoms with van der Waals surface area (Å²) in [5.41, 5.74) is 1.91. The van der Waals surface area contributed by atoms with Crippen LogP contribution in [0.25, 0.3) is 5.69 Å². The third-order valence-electron chi connectivity index (χ3n) is 4.80. The van der Waals surface area contributed by atoms with Crippen LogP contribution in [0.2, 0.25) is 0 Å². The molecular weight excluding hydrogens is 334 g/mol. The summed E-state index contributed by atoms with van der Waals surface area (Å²) in [6.45, 7) is 3.02. The lowest BCUT2D eigenvalue weighted by Crippen LogP contribution is -2.39. The highest BCUT2D eigenvalue weighted by Crippen LogP contribution is 2.24. The van der Waals surface area contributed by atoms with Crippen LogP contribution in [-0.2, 0) is 9.53 Å². The van der Waals surface area contributed by atoms with Crippen LogP contribution in [0.4, 0.5) is 0 Å². The monoisotopic (exact) mass is 357 g/mol. The van der Waals surface area contributed by atoms with Crippen LogP contribution in [0.15, 0.2) is 36.5 Å². The molecule has 3 rings (SSSR count). The molecule has 1 aliphatic rings. The molecule has 1 aromatic carbocycles. The van der Waals surface area contributed by atoms with Crippen molar-refractivity contribution in [2.24, 2.45) is 11.8 Å². The Morgan fingerprint density at radius 1 is 1.31 bits per heavy atom. The maximum atomic E-state index is 12.5. The van der Waals surface area contributed by atoms with Crippen LogP contribution in [0.5, 0.6) is 0 Å². The molecule has 0 radical (unpaired) electrons. The number of nitrogens with zero attached hydrogens (tertiary/aromatic N) is 2. The van der Waals surface area contributed by atoms with Crippen molar-refractivity contribution >= 4 is 11.9 Å². The Morgan fingerprint density at radius 2 is 2.00 bits per heavy atom. The predicted octanol–water partition coefficient (Wildman–Crippen LogP) is 2.04. The molecule has 26 heavy (non-hydrogen) atoms. The van der Waals surface area contributed by atoms with Gasteiger partial charge in [-0.3, -0.25) is 9.59 Å². The highest BCUT2D eigenvalue weighted by Gasteiger charge is 2.30. The molecule has 2 aromatic rings. The number of carboxylic acid groups (broad SMARTS) is 1. The Morgan fingerprint density at radius 3 is 2.65 bits per heavy atom. The summed E-state index contributed by atoms with van der Waals surface area (Å²) in [7, 11) is 0. The second-order valence-electron chi connectivity index (χ2n) is 6.51. The molecule has 0 saturated carbocycles. The Hall–Kier alpha value is -2.67. The first-order valence-electron chi connectivity index (χ1n) is 8.76. The van der Waals surface area contributed by atoms with Crippen molar-refractivity contribution in [2.75, 3.05) is 19.8 Å². The highest BCUT2D eigenvalue weighted by molar-refractivity contribution is 5.95. The minimum atomic E-state index is -0.881. The number of amides is 1. The zero-order valence-electron chi connectivity index (χ0n) is 14.7. The van der Waals surface area contributed by atoms with E-state index in [2.05, 4.69) is 10.4 Å². The van der Waals surface area contributed by atoms with Gasteiger partial charge in [0.2, 0.25) is 0 Å². The Bertz CT molecular complexity index is 766. The van der Waals surface area contributed by atoms with E-state index in [4.69, 9.17) is 4.74 Å². The molecule has 1 aliphatic heterocycles. The molecule has 1 unspecified atom stereocenters. The van der Waals surface area contributed by atoms with Gasteiger partial charge in [-0.25, -0.2) is 4.68 Å². The number of carbonyl (C=O) groups is 2. The molecule has 7 nitrogen and oxygen atoms in total. The third-order valence-corrected chi connectivity index (χ3v) is 4.80. The molecule has 1 amide bonds. The normalized spacial score (nSPS) is 16.2. The number of carboxylic acids is 1. The van der Waals surface area contributed by atoms with E-state index in [1.165, 1.54) is 0 Å². The molecule has 1 saturated heterocycles. The fourth-order valence-electron chi connectivity index (χ4n) is 3.27. The average Bonchev–Trinajstić information content (AvgIpc) is 3.05. The van der Waals surface area contributed by atoms with Crippen LogP contribution in [-0.4, -0.2) is 46.5 Å². The van der Waals surface area contributed by atoms with Gasteiger partial charge >= 0.3 is 5.97 Å². The van der Waals surface area contributed by atoms with Crippen LogP contribution < -0.4 is 5.32 Å². The maximum absolute atomic E-state index is 12.5. The number of ether oxygens (including phenoxy) is 1. The highest BCUT2D eigenvalue weighted by atomic mass is 16.5. The SMILES string of the molecule is Cc1nn(-c2ccccc2)cc1C(=O)NCC(C(=O)O)C1CCOCC1. The van der Waals surface area contributed by atoms with Gasteiger partial charge < -0.3 is 15.2 Å². The zero-order chi connectivity index (χ0) is 18.5. The van der Waals surface area contributed by atoms with Gasteiger partial charge in [-0.1, -0.05) is 18.2 Å². The fraction of sp³-hybridized carbons (Fsp3) is 0.421. The predicted molar refractivity (Wildman–Crippen MR) is 95.3 cm³/mol. The van der Waals surface area contributed by atoms with Crippen molar-refractivity contribution in [1.82, 2.24) is 15.1 Å². The third kappa shape index (κ3) is 4.11. The van der Waals surface area contributed by atoms with Gasteiger partial charge in [-0.2, -0.15) is 5.10 Å². The zero-order valence-corrected chi connectivity index (χ0v) is 14.7. The average molecular weight is 357 g/mol. The summed E-state index contributed by atoms with van der Waals surface area (Å²) in [6, 6.07) is 9.52. The summed E-state index contributed by atoms with van der Waals surface area (Å²) in [5, 5.41) is 16.7. The lowest BCUT2D eigenvalue weighted by Gasteiger charge is -2.27. The number of benzene rings is 1. The van der Waals surface area contributed by atoms with E-state index in [0.29, 0.717) is 37.3 Å². The summed E-state index contributed by atoms with van der Waals surface area (Å²) >= 11 is 0. The number of hydrogen-bond acceptors (Lipinski definition) is 4. The van der Waals surface area contributed by atoms with Gasteiger partial charge in [0.15, 0.2) is 0 Å². The molecule has 2 heterocycles. The number of aromatic nitrogens is 2. The second kappa shape index (κ2) is 8.14. The molecule has 7 heteroatoms. The molecule has 1 fully saturated rings. The maximum Gasteiger partial charge on any atom is 0.308 e. The van der Waals surface area contributed by atoms with Gasteiger partial charge in [-0.15, -0.1) is 0 Å². The fourth-order valence-corrected chi connectivity index (χ4v) is 3.27. The molecule has 0 aliphatic carbocycles. The topological polar surface area (TPSA) is 93.5 Å². The van der Waals surface area contributed by atoms with E-state index in [-0.39, 0.29) is 18.4 Å². The summed E-state index contributed by atoms with van der Waals surface area (Å²) in [5.74, 6) is -1.76. The van der Waals surface area contributed by atoms with Gasteiger partial charge in [0.25, 0.3) is 5.91 Å². The number of aliphatic carboxylic acids is 1. The van der Waals surface area contributed by atoms with Gasteiger partial charge in [0.05, 0.1) is 22.9 Å². The van der Waals surface area contributed by atoms with Crippen molar-refractivity contribution < 1.29 is 19.4 Å². The van der Waals surface area contributed by atoms with Crippen LogP contribution in [0.3, 0.4) is 0 Å². The van der Waals surface area contributed by atoms with Gasteiger partial charge in [-0.05, 0) is 37.8 Å². The summed E-state index contributed by atoms with van der Waals surface area (Å²) in [4.78, 5) is 24.1. The van der Waals surface area contributed by atoms with E-state index in [1.54, 1.807) is 17.8 Å². The first-order chi connectivity index (χ1) is 12.6. The number of hydrogen-bond donors (Lipinski definition) is 2. The van der Waals surface area contributed by atoms with E-state index in [9.17, 15) is 14.7 Å². The Labute approximate surface area is 152 Å². The van der Waals surface area contributed by atoms with Crippen molar-refractivity contribution in [3.63, 3.8) is 0 Å².